The minimum absolute atomic E-state index is 0.277. The molecule has 0 spiro atoms. The Morgan fingerprint density at radius 1 is 1.19 bits per heavy atom. The lowest BCUT2D eigenvalue weighted by Gasteiger charge is -2.08. The van der Waals surface area contributed by atoms with Gasteiger partial charge in [0.05, 0.1) is 17.9 Å². The fraction of sp³-hybridized carbons (Fsp3) is 0.286. The zero-order valence-electron chi connectivity index (χ0n) is 15.8. The van der Waals surface area contributed by atoms with Crippen molar-refractivity contribution in [3.8, 4) is 0 Å². The number of amides is 1. The van der Waals surface area contributed by atoms with Crippen molar-refractivity contribution in [2.24, 2.45) is 0 Å². The average Bonchev–Trinajstić information content (AvgIpc) is 2.96. The van der Waals surface area contributed by atoms with Crippen molar-refractivity contribution in [1.29, 1.82) is 0 Å². The molecule has 0 aliphatic carbocycles. The van der Waals surface area contributed by atoms with Crippen LogP contribution in [0.1, 0.15) is 51.9 Å². The molecule has 2 aromatic heterocycles. The molecular weight excluding hydrogens is 342 g/mol. The summed E-state index contributed by atoms with van der Waals surface area (Å²) in [6.07, 6.45) is 3.62. The second kappa shape index (κ2) is 8.03. The van der Waals surface area contributed by atoms with Crippen LogP contribution in [0.4, 0.5) is 5.69 Å². The molecule has 0 atom stereocenters. The molecule has 1 amide bonds. The molecule has 2 heterocycles. The number of hydrogen-bond acceptors (Lipinski definition) is 4. The predicted octanol–water partition coefficient (Wildman–Crippen LogP) is 4.16. The number of imidazole rings is 1. The number of anilines is 1. The highest BCUT2D eigenvalue weighted by atomic mass is 16.5. The summed E-state index contributed by atoms with van der Waals surface area (Å²) in [5.41, 5.74) is 3.87. The Kier molecular flexibility index (Phi) is 5.54. The van der Waals surface area contributed by atoms with Crippen LogP contribution in [-0.2, 0) is 4.74 Å². The van der Waals surface area contributed by atoms with Gasteiger partial charge in [0.1, 0.15) is 11.3 Å². The van der Waals surface area contributed by atoms with Crippen LogP contribution in [0.3, 0.4) is 0 Å². The normalized spacial score (nSPS) is 10.8. The second-order valence-corrected chi connectivity index (χ2v) is 6.50. The van der Waals surface area contributed by atoms with Gasteiger partial charge in [0.25, 0.3) is 5.91 Å². The van der Waals surface area contributed by atoms with E-state index in [1.807, 2.05) is 32.2 Å². The molecule has 0 aliphatic rings. The number of unbranched alkanes of at least 4 members (excludes halogenated alkanes) is 1. The first-order valence-electron chi connectivity index (χ1n) is 9.03. The van der Waals surface area contributed by atoms with Gasteiger partial charge in [-0.25, -0.2) is 9.78 Å². The van der Waals surface area contributed by atoms with Crippen molar-refractivity contribution in [3.63, 3.8) is 0 Å². The van der Waals surface area contributed by atoms with Crippen LogP contribution in [0.25, 0.3) is 5.65 Å². The lowest BCUT2D eigenvalue weighted by molar-refractivity contribution is 0.0499. The standard InChI is InChI=1S/C21H23N3O3/c1-4-5-11-27-21(26)16-7-6-8-17(13-16)23-20(25)19-15(3)22-18-12-14(2)9-10-24(18)19/h6-10,12-13H,4-5,11H2,1-3H3,(H,23,25). The third-order valence-electron chi connectivity index (χ3n) is 4.26. The van der Waals surface area contributed by atoms with E-state index in [9.17, 15) is 9.59 Å². The van der Waals surface area contributed by atoms with Gasteiger partial charge >= 0.3 is 5.97 Å². The quantitative estimate of drug-likeness (QED) is 0.526. The first kappa shape index (κ1) is 18.6. The number of carbonyl (C=O) groups excluding carboxylic acids is 2. The molecule has 0 aliphatic heterocycles. The third kappa shape index (κ3) is 4.16. The van der Waals surface area contributed by atoms with E-state index in [2.05, 4.69) is 10.3 Å². The number of pyridine rings is 1. The smallest absolute Gasteiger partial charge is 0.338 e. The van der Waals surface area contributed by atoms with Gasteiger partial charge in [-0.1, -0.05) is 19.4 Å². The van der Waals surface area contributed by atoms with E-state index in [0.717, 1.165) is 24.1 Å². The van der Waals surface area contributed by atoms with Crippen LogP contribution in [0.2, 0.25) is 0 Å². The van der Waals surface area contributed by atoms with E-state index in [-0.39, 0.29) is 11.9 Å². The topological polar surface area (TPSA) is 72.7 Å². The Morgan fingerprint density at radius 2 is 2.00 bits per heavy atom. The molecule has 0 bridgehead atoms. The van der Waals surface area contributed by atoms with E-state index < -0.39 is 0 Å². The number of aromatic nitrogens is 2. The van der Waals surface area contributed by atoms with Crippen LogP contribution < -0.4 is 5.32 Å². The molecule has 0 unspecified atom stereocenters. The summed E-state index contributed by atoms with van der Waals surface area (Å²) in [5.74, 6) is -0.665. The van der Waals surface area contributed by atoms with Crippen LogP contribution in [0, 0.1) is 13.8 Å². The minimum atomic E-state index is -0.388. The van der Waals surface area contributed by atoms with E-state index in [1.165, 1.54) is 0 Å². The zero-order chi connectivity index (χ0) is 19.4. The highest BCUT2D eigenvalue weighted by molar-refractivity contribution is 6.05. The molecule has 0 saturated heterocycles. The van der Waals surface area contributed by atoms with Gasteiger partial charge in [0.2, 0.25) is 0 Å². The van der Waals surface area contributed by atoms with E-state index in [1.54, 1.807) is 35.6 Å². The molecule has 0 radical (unpaired) electrons. The zero-order valence-corrected chi connectivity index (χ0v) is 15.8. The molecule has 1 N–H and O–H groups in total. The monoisotopic (exact) mass is 365 g/mol. The minimum Gasteiger partial charge on any atom is -0.462 e. The van der Waals surface area contributed by atoms with Gasteiger partial charge in [-0.2, -0.15) is 0 Å². The Morgan fingerprint density at radius 3 is 2.78 bits per heavy atom. The van der Waals surface area contributed by atoms with Gasteiger partial charge in [0.15, 0.2) is 0 Å². The number of fused-ring (bicyclic) bond motifs is 1. The summed E-state index contributed by atoms with van der Waals surface area (Å²) >= 11 is 0. The molecule has 3 rings (SSSR count). The molecule has 3 aromatic rings. The Hall–Kier alpha value is -3.15. The third-order valence-corrected chi connectivity index (χ3v) is 4.26. The van der Waals surface area contributed by atoms with Crippen LogP contribution in [0.5, 0.6) is 0 Å². The highest BCUT2D eigenvalue weighted by Gasteiger charge is 2.17. The van der Waals surface area contributed by atoms with Crippen LogP contribution in [-0.4, -0.2) is 27.9 Å². The SMILES string of the molecule is CCCCOC(=O)c1cccc(NC(=O)c2c(C)nc3cc(C)ccn23)c1. The maximum atomic E-state index is 12.8. The van der Waals surface area contributed by atoms with Gasteiger partial charge < -0.3 is 10.1 Å². The van der Waals surface area contributed by atoms with E-state index in [4.69, 9.17) is 4.74 Å². The van der Waals surface area contributed by atoms with Crippen LogP contribution >= 0.6 is 0 Å². The summed E-state index contributed by atoms with van der Waals surface area (Å²) in [6, 6.07) is 10.6. The molecule has 1 aromatic carbocycles. The summed E-state index contributed by atoms with van der Waals surface area (Å²) in [5, 5.41) is 2.85. The number of carbonyl (C=O) groups is 2. The number of esters is 1. The van der Waals surface area contributed by atoms with Gasteiger partial charge in [0, 0.05) is 11.9 Å². The van der Waals surface area contributed by atoms with Crippen LogP contribution in [0.15, 0.2) is 42.6 Å². The van der Waals surface area contributed by atoms with Gasteiger partial charge in [-0.15, -0.1) is 0 Å². The summed E-state index contributed by atoms with van der Waals surface area (Å²) in [4.78, 5) is 29.3. The molecule has 140 valence electrons. The van der Waals surface area contributed by atoms with Gasteiger partial charge in [-0.05, 0) is 56.2 Å². The molecule has 6 heteroatoms. The molecule has 0 saturated carbocycles. The molecule has 0 fully saturated rings. The highest BCUT2D eigenvalue weighted by Crippen LogP contribution is 2.17. The van der Waals surface area contributed by atoms with E-state index in [0.29, 0.717) is 29.2 Å². The summed E-state index contributed by atoms with van der Waals surface area (Å²) < 4.78 is 6.99. The number of rotatable bonds is 6. The first-order valence-corrected chi connectivity index (χ1v) is 9.03. The number of nitrogens with zero attached hydrogens (tertiary/aromatic N) is 2. The molecule has 6 nitrogen and oxygen atoms in total. The second-order valence-electron chi connectivity index (χ2n) is 6.50. The van der Waals surface area contributed by atoms with Crippen molar-refractivity contribution in [1.82, 2.24) is 9.38 Å². The van der Waals surface area contributed by atoms with Crippen molar-refractivity contribution < 1.29 is 14.3 Å². The van der Waals surface area contributed by atoms with Crippen molar-refractivity contribution in [2.45, 2.75) is 33.6 Å². The maximum Gasteiger partial charge on any atom is 0.338 e. The number of aryl methyl sites for hydroxylation is 2. The number of ether oxygens (including phenoxy) is 1. The fourth-order valence-corrected chi connectivity index (χ4v) is 2.84. The largest absolute Gasteiger partial charge is 0.462 e. The Bertz CT molecular complexity index is 992. The Balaban J connectivity index is 1.80. The van der Waals surface area contributed by atoms with Crippen molar-refractivity contribution >= 4 is 23.2 Å². The number of benzene rings is 1. The molecular formula is C21H23N3O3. The van der Waals surface area contributed by atoms with E-state index >= 15 is 0 Å². The number of nitrogens with one attached hydrogen (secondary N) is 1. The fourth-order valence-electron chi connectivity index (χ4n) is 2.84. The average molecular weight is 365 g/mol. The van der Waals surface area contributed by atoms with Gasteiger partial charge in [-0.3, -0.25) is 9.20 Å². The molecule has 27 heavy (non-hydrogen) atoms. The predicted molar refractivity (Wildman–Crippen MR) is 104 cm³/mol. The lowest BCUT2D eigenvalue weighted by Crippen LogP contribution is -2.16. The summed E-state index contributed by atoms with van der Waals surface area (Å²) in [7, 11) is 0. The van der Waals surface area contributed by atoms with Crippen molar-refractivity contribution in [3.05, 3.63) is 65.1 Å². The maximum absolute atomic E-state index is 12.8. The summed E-state index contributed by atoms with van der Waals surface area (Å²) in [6.45, 7) is 6.22. The first-order chi connectivity index (χ1) is 13.0. The Labute approximate surface area is 158 Å². The number of hydrogen-bond donors (Lipinski definition) is 1. The lowest BCUT2D eigenvalue weighted by atomic mass is 10.2. The van der Waals surface area contributed by atoms with Crippen molar-refractivity contribution in [2.75, 3.05) is 11.9 Å².